The molecule has 0 saturated carbocycles. The van der Waals surface area contributed by atoms with E-state index in [4.69, 9.17) is 17.3 Å². The molecule has 0 spiro atoms. The Morgan fingerprint density at radius 1 is 1.19 bits per heavy atom. The summed E-state index contributed by atoms with van der Waals surface area (Å²) in [5.74, 6) is 1.08. The van der Waals surface area contributed by atoms with Gasteiger partial charge in [-0.2, -0.15) is 0 Å². The van der Waals surface area contributed by atoms with Gasteiger partial charge in [0.1, 0.15) is 0 Å². The van der Waals surface area contributed by atoms with E-state index in [1.165, 1.54) is 11.1 Å². The monoisotopic (exact) mass is 342 g/mol. The van der Waals surface area contributed by atoms with Crippen molar-refractivity contribution in [1.29, 1.82) is 0 Å². The lowest BCUT2D eigenvalue weighted by atomic mass is 9.89. The molecule has 2 aromatic rings. The average molecular weight is 343 g/mol. The van der Waals surface area contributed by atoms with E-state index in [-0.39, 0.29) is 12.4 Å². The molecular formula is C16H20Cl2N2S. The number of rotatable bonds is 4. The van der Waals surface area contributed by atoms with Gasteiger partial charge < -0.3 is 5.73 Å². The fraction of sp³-hybridized carbons (Fsp3) is 0.375. The van der Waals surface area contributed by atoms with Gasteiger partial charge in [-0.25, -0.2) is 0 Å². The number of thiophene rings is 1. The second-order valence-corrected chi connectivity index (χ2v) is 6.94. The number of hydrogen-bond donors (Lipinski definition) is 1. The Kier molecular flexibility index (Phi) is 6.08. The molecule has 1 fully saturated rings. The summed E-state index contributed by atoms with van der Waals surface area (Å²) in [5, 5.41) is 2.06. The molecule has 114 valence electrons. The molecule has 2 N–H and O–H groups in total. The van der Waals surface area contributed by atoms with E-state index < -0.39 is 0 Å². The van der Waals surface area contributed by atoms with Crippen LogP contribution < -0.4 is 5.73 Å². The quantitative estimate of drug-likeness (QED) is 0.909. The third-order valence-electron chi connectivity index (χ3n) is 4.13. The zero-order valence-electron chi connectivity index (χ0n) is 11.7. The molecule has 1 saturated heterocycles. The molecule has 2 atom stereocenters. The molecule has 2 nitrogen and oxygen atoms in total. The lowest BCUT2D eigenvalue weighted by Crippen LogP contribution is -2.23. The minimum Gasteiger partial charge on any atom is -0.330 e. The Labute approximate surface area is 141 Å². The molecule has 1 aromatic heterocycles. The lowest BCUT2D eigenvalue weighted by Gasteiger charge is -2.16. The standard InChI is InChI=1S/C16H19ClN2S.ClH/c17-16-13(6-7-20-16)9-19-10-14(8-18)15(11-19)12-4-2-1-3-5-12;/h1-7,14-15H,8-11,18H2;1H/t14-,15+;/m1./s1. The van der Waals surface area contributed by atoms with Crippen molar-refractivity contribution in [2.24, 2.45) is 11.7 Å². The summed E-state index contributed by atoms with van der Waals surface area (Å²) in [6.07, 6.45) is 0. The van der Waals surface area contributed by atoms with Crippen LogP contribution >= 0.6 is 35.3 Å². The van der Waals surface area contributed by atoms with E-state index in [0.717, 1.165) is 30.5 Å². The number of halogens is 2. The fourth-order valence-corrected chi connectivity index (χ4v) is 3.99. The Balaban J connectivity index is 0.00000161. The molecule has 2 heterocycles. The van der Waals surface area contributed by atoms with Crippen molar-refractivity contribution in [3.8, 4) is 0 Å². The van der Waals surface area contributed by atoms with Crippen molar-refractivity contribution >= 4 is 35.3 Å². The molecule has 1 aromatic carbocycles. The van der Waals surface area contributed by atoms with Crippen molar-refractivity contribution < 1.29 is 0 Å². The van der Waals surface area contributed by atoms with E-state index in [0.29, 0.717) is 11.8 Å². The molecule has 0 bridgehead atoms. The van der Waals surface area contributed by atoms with Crippen LogP contribution in [0.3, 0.4) is 0 Å². The molecule has 0 unspecified atom stereocenters. The van der Waals surface area contributed by atoms with Crippen LogP contribution in [0.4, 0.5) is 0 Å². The normalized spacial score (nSPS) is 22.2. The predicted molar refractivity (Wildman–Crippen MR) is 93.6 cm³/mol. The first-order valence-electron chi connectivity index (χ1n) is 6.97. The Hall–Kier alpha value is -0.580. The zero-order chi connectivity index (χ0) is 13.9. The van der Waals surface area contributed by atoms with Gasteiger partial charge in [-0.3, -0.25) is 4.90 Å². The first-order chi connectivity index (χ1) is 9.78. The Morgan fingerprint density at radius 3 is 2.57 bits per heavy atom. The third kappa shape index (κ3) is 3.79. The highest BCUT2D eigenvalue weighted by atomic mass is 35.5. The minimum absolute atomic E-state index is 0. The topological polar surface area (TPSA) is 29.3 Å². The third-order valence-corrected chi connectivity index (χ3v) is 5.39. The predicted octanol–water partition coefficient (Wildman–Crippen LogP) is 4.00. The van der Waals surface area contributed by atoms with Crippen molar-refractivity contribution in [1.82, 2.24) is 4.90 Å². The van der Waals surface area contributed by atoms with Gasteiger partial charge in [0.2, 0.25) is 0 Å². The van der Waals surface area contributed by atoms with Crippen LogP contribution in [-0.2, 0) is 6.54 Å². The molecular weight excluding hydrogens is 323 g/mol. The smallest absolute Gasteiger partial charge is 0.0973 e. The van der Waals surface area contributed by atoms with Crippen LogP contribution in [0.5, 0.6) is 0 Å². The van der Waals surface area contributed by atoms with Crippen molar-refractivity contribution in [2.45, 2.75) is 12.5 Å². The Morgan fingerprint density at radius 2 is 1.95 bits per heavy atom. The number of likely N-dealkylation sites (tertiary alicyclic amines) is 1. The number of nitrogens with two attached hydrogens (primary N) is 1. The molecule has 1 aliphatic heterocycles. The molecule has 5 heteroatoms. The van der Waals surface area contributed by atoms with Crippen LogP contribution in [0.2, 0.25) is 4.34 Å². The SMILES string of the molecule is Cl.NC[C@@H]1CN(Cc2ccsc2Cl)C[C@H]1c1ccccc1. The highest BCUT2D eigenvalue weighted by Gasteiger charge is 2.32. The Bertz CT molecular complexity index is 558. The number of benzene rings is 1. The van der Waals surface area contributed by atoms with Gasteiger partial charge in [0.05, 0.1) is 4.34 Å². The van der Waals surface area contributed by atoms with Crippen molar-refractivity contribution in [3.05, 3.63) is 57.2 Å². The number of nitrogens with zero attached hydrogens (tertiary/aromatic N) is 1. The van der Waals surface area contributed by atoms with Gasteiger partial charge >= 0.3 is 0 Å². The van der Waals surface area contributed by atoms with Crippen molar-refractivity contribution in [2.75, 3.05) is 19.6 Å². The average Bonchev–Trinajstić information content (AvgIpc) is 3.07. The first kappa shape index (κ1) is 16.8. The summed E-state index contributed by atoms with van der Waals surface area (Å²) in [5.41, 5.74) is 8.62. The zero-order valence-corrected chi connectivity index (χ0v) is 14.1. The number of hydrogen-bond acceptors (Lipinski definition) is 3. The molecule has 3 rings (SSSR count). The van der Waals surface area contributed by atoms with Crippen LogP contribution in [0.15, 0.2) is 41.8 Å². The summed E-state index contributed by atoms with van der Waals surface area (Å²) in [4.78, 5) is 2.48. The van der Waals surface area contributed by atoms with E-state index in [2.05, 4.69) is 46.7 Å². The summed E-state index contributed by atoms with van der Waals surface area (Å²) in [7, 11) is 0. The van der Waals surface area contributed by atoms with E-state index in [1.807, 2.05) is 0 Å². The first-order valence-corrected chi connectivity index (χ1v) is 8.23. The second kappa shape index (κ2) is 7.61. The van der Waals surface area contributed by atoms with E-state index in [9.17, 15) is 0 Å². The summed E-state index contributed by atoms with van der Waals surface area (Å²) in [6.45, 7) is 3.80. The van der Waals surface area contributed by atoms with Crippen molar-refractivity contribution in [3.63, 3.8) is 0 Å². The molecule has 0 amide bonds. The second-order valence-electron chi connectivity index (χ2n) is 5.43. The summed E-state index contributed by atoms with van der Waals surface area (Å²) < 4.78 is 0.914. The van der Waals surface area contributed by atoms with Gasteiger partial charge in [0, 0.05) is 25.6 Å². The van der Waals surface area contributed by atoms with E-state index >= 15 is 0 Å². The maximum Gasteiger partial charge on any atom is 0.0973 e. The van der Waals surface area contributed by atoms with Crippen LogP contribution in [0.1, 0.15) is 17.0 Å². The lowest BCUT2D eigenvalue weighted by molar-refractivity contribution is 0.317. The minimum atomic E-state index is 0. The molecule has 21 heavy (non-hydrogen) atoms. The summed E-state index contributed by atoms with van der Waals surface area (Å²) in [6, 6.07) is 12.9. The van der Waals surface area contributed by atoms with Gasteiger partial charge in [0.15, 0.2) is 0 Å². The van der Waals surface area contributed by atoms with Gasteiger partial charge in [0.25, 0.3) is 0 Å². The molecule has 0 aliphatic carbocycles. The van der Waals surface area contributed by atoms with E-state index in [1.54, 1.807) is 11.3 Å². The highest BCUT2D eigenvalue weighted by Crippen LogP contribution is 2.34. The van der Waals surface area contributed by atoms with Crippen LogP contribution in [-0.4, -0.2) is 24.5 Å². The van der Waals surface area contributed by atoms with Crippen LogP contribution in [0, 0.1) is 5.92 Å². The van der Waals surface area contributed by atoms with Gasteiger partial charge in [-0.15, -0.1) is 23.7 Å². The fourth-order valence-electron chi connectivity index (χ4n) is 3.08. The maximum atomic E-state index is 6.21. The molecule has 1 aliphatic rings. The molecule has 0 radical (unpaired) electrons. The van der Waals surface area contributed by atoms with Gasteiger partial charge in [-0.05, 0) is 35.0 Å². The van der Waals surface area contributed by atoms with Gasteiger partial charge in [-0.1, -0.05) is 41.9 Å². The van der Waals surface area contributed by atoms with Crippen LogP contribution in [0.25, 0.3) is 0 Å². The summed E-state index contributed by atoms with van der Waals surface area (Å²) >= 11 is 7.81. The maximum absolute atomic E-state index is 6.21. The highest BCUT2D eigenvalue weighted by molar-refractivity contribution is 7.14. The largest absolute Gasteiger partial charge is 0.330 e.